The fraction of sp³-hybridized carbons (Fsp3) is 0.375. The molecule has 3 rings (SSSR count). The third kappa shape index (κ3) is 4.87. The van der Waals surface area contributed by atoms with Crippen LogP contribution in [-0.4, -0.2) is 47.2 Å². The summed E-state index contributed by atoms with van der Waals surface area (Å²) < 4.78 is 0. The molecule has 158 valence electrons. The van der Waals surface area contributed by atoms with Crippen molar-refractivity contribution in [2.75, 3.05) is 13.6 Å². The Labute approximate surface area is 178 Å². The molecule has 1 atom stereocenters. The molecule has 2 aromatic rings. The lowest BCUT2D eigenvalue weighted by atomic mass is 9.96. The largest absolute Gasteiger partial charge is 0.336 e. The van der Waals surface area contributed by atoms with Gasteiger partial charge in [0.2, 0.25) is 0 Å². The van der Waals surface area contributed by atoms with Crippen LogP contribution in [0.2, 0.25) is 0 Å². The fourth-order valence-electron chi connectivity index (χ4n) is 3.47. The van der Waals surface area contributed by atoms with E-state index in [0.717, 1.165) is 16.8 Å². The van der Waals surface area contributed by atoms with Crippen LogP contribution in [0, 0.1) is 13.8 Å². The van der Waals surface area contributed by atoms with E-state index in [0.29, 0.717) is 6.42 Å². The second-order valence-corrected chi connectivity index (χ2v) is 8.17. The van der Waals surface area contributed by atoms with Crippen molar-refractivity contribution in [3.8, 4) is 0 Å². The van der Waals surface area contributed by atoms with Crippen LogP contribution in [0.3, 0.4) is 0 Å². The molecule has 0 spiro atoms. The van der Waals surface area contributed by atoms with Crippen molar-refractivity contribution in [3.63, 3.8) is 0 Å². The van der Waals surface area contributed by atoms with Crippen molar-refractivity contribution >= 4 is 17.6 Å². The van der Waals surface area contributed by atoms with E-state index in [9.17, 15) is 9.59 Å². The smallest absolute Gasteiger partial charge is 0.317 e. The van der Waals surface area contributed by atoms with Crippen molar-refractivity contribution in [2.45, 2.75) is 46.2 Å². The maximum atomic E-state index is 13.1. The highest BCUT2D eigenvalue weighted by Crippen LogP contribution is 2.33. The van der Waals surface area contributed by atoms with Gasteiger partial charge in [-0.2, -0.15) is 5.10 Å². The van der Waals surface area contributed by atoms with Gasteiger partial charge < -0.3 is 10.2 Å². The van der Waals surface area contributed by atoms with E-state index >= 15 is 0 Å². The molecule has 0 saturated carbocycles. The van der Waals surface area contributed by atoms with E-state index in [-0.39, 0.29) is 30.6 Å². The molecule has 1 N–H and O–H groups in total. The quantitative estimate of drug-likeness (QED) is 0.815. The number of hydrogen-bond donors (Lipinski definition) is 1. The van der Waals surface area contributed by atoms with Gasteiger partial charge in [-0.1, -0.05) is 42.5 Å². The van der Waals surface area contributed by atoms with E-state index in [1.807, 2.05) is 44.2 Å². The van der Waals surface area contributed by atoms with E-state index in [1.165, 1.54) is 16.0 Å². The van der Waals surface area contributed by atoms with Crippen LogP contribution in [0.5, 0.6) is 0 Å². The molecule has 2 aromatic carbocycles. The fourth-order valence-corrected chi connectivity index (χ4v) is 3.47. The Balaban J connectivity index is 1.86. The van der Waals surface area contributed by atoms with Crippen LogP contribution >= 0.6 is 0 Å². The van der Waals surface area contributed by atoms with Gasteiger partial charge in [0.1, 0.15) is 6.54 Å². The molecule has 6 heteroatoms. The zero-order valence-electron chi connectivity index (χ0n) is 18.3. The Hall–Kier alpha value is -3.15. The number of hydrogen-bond acceptors (Lipinski definition) is 3. The molecule has 1 heterocycles. The van der Waals surface area contributed by atoms with Crippen molar-refractivity contribution in [1.82, 2.24) is 15.2 Å². The van der Waals surface area contributed by atoms with Crippen molar-refractivity contribution in [1.29, 1.82) is 0 Å². The zero-order valence-corrected chi connectivity index (χ0v) is 18.3. The number of nitrogens with one attached hydrogen (secondary N) is 1. The van der Waals surface area contributed by atoms with Gasteiger partial charge in [0.15, 0.2) is 0 Å². The van der Waals surface area contributed by atoms with Crippen molar-refractivity contribution in [2.24, 2.45) is 5.10 Å². The molecule has 0 saturated heterocycles. The van der Waals surface area contributed by atoms with Crippen molar-refractivity contribution < 1.29 is 9.59 Å². The molecule has 0 radical (unpaired) electrons. The van der Waals surface area contributed by atoms with Gasteiger partial charge in [0, 0.05) is 19.5 Å². The first-order valence-corrected chi connectivity index (χ1v) is 10.3. The highest BCUT2D eigenvalue weighted by atomic mass is 16.2. The number of carbonyl (C=O) groups excluding carboxylic acids is 2. The number of carbonyl (C=O) groups is 2. The van der Waals surface area contributed by atoms with E-state index in [1.54, 1.807) is 12.1 Å². The molecular weight excluding hydrogens is 376 g/mol. The average molecular weight is 407 g/mol. The number of nitrogens with zero attached hydrogens (tertiary/aromatic N) is 3. The lowest BCUT2D eigenvalue weighted by Gasteiger charge is -2.25. The molecule has 3 amide bonds. The minimum Gasteiger partial charge on any atom is -0.336 e. The predicted octanol–water partition coefficient (Wildman–Crippen LogP) is 4.03. The number of amides is 3. The predicted molar refractivity (Wildman–Crippen MR) is 119 cm³/mol. The first-order valence-electron chi connectivity index (χ1n) is 10.3. The highest BCUT2D eigenvalue weighted by Gasteiger charge is 2.33. The summed E-state index contributed by atoms with van der Waals surface area (Å²) in [6, 6.07) is 15.7. The number of aryl methyl sites for hydroxylation is 2. The van der Waals surface area contributed by atoms with E-state index < -0.39 is 0 Å². The van der Waals surface area contributed by atoms with E-state index in [2.05, 4.69) is 37.4 Å². The Morgan fingerprint density at radius 2 is 1.83 bits per heavy atom. The summed E-state index contributed by atoms with van der Waals surface area (Å²) in [4.78, 5) is 26.7. The van der Waals surface area contributed by atoms with Crippen molar-refractivity contribution in [3.05, 3.63) is 70.8 Å². The first-order chi connectivity index (χ1) is 14.3. The molecule has 0 aromatic heterocycles. The first kappa shape index (κ1) is 21.6. The van der Waals surface area contributed by atoms with E-state index in [4.69, 9.17) is 5.10 Å². The number of likely N-dealkylation sites (N-methyl/N-ethyl adjacent to an activating group) is 1. The minimum absolute atomic E-state index is 0.00769. The molecule has 30 heavy (non-hydrogen) atoms. The number of benzene rings is 2. The molecule has 1 aliphatic heterocycles. The standard InChI is InChI=1S/C24H30N4O2/c1-16(2)25-24(30)27(5)15-23(29)28-22(19-9-7-6-8-10-19)14-21(26-28)20-12-11-17(3)18(4)13-20/h6-13,16,22H,14-15H2,1-5H3,(H,25,30)/t22-/m0/s1. The second kappa shape index (κ2) is 9.11. The number of urea groups is 1. The summed E-state index contributed by atoms with van der Waals surface area (Å²) in [6.07, 6.45) is 0.639. The molecule has 0 bridgehead atoms. The summed E-state index contributed by atoms with van der Waals surface area (Å²) in [5.41, 5.74) is 5.36. The van der Waals surface area contributed by atoms with Gasteiger partial charge in [-0.25, -0.2) is 9.80 Å². The molecule has 0 unspecified atom stereocenters. The summed E-state index contributed by atoms with van der Waals surface area (Å²) in [6.45, 7) is 7.90. The number of rotatable bonds is 5. The third-order valence-electron chi connectivity index (χ3n) is 5.32. The highest BCUT2D eigenvalue weighted by molar-refractivity contribution is 6.03. The van der Waals surface area contributed by atoms with Gasteiger partial charge in [-0.15, -0.1) is 0 Å². The molecule has 0 aliphatic carbocycles. The zero-order chi connectivity index (χ0) is 21.8. The summed E-state index contributed by atoms with van der Waals surface area (Å²) in [5.74, 6) is -0.205. The Kier molecular flexibility index (Phi) is 6.55. The number of hydrazone groups is 1. The SMILES string of the molecule is Cc1ccc(C2=NN(C(=O)CN(C)C(=O)NC(C)C)[C@H](c3ccccc3)C2)cc1C. The Morgan fingerprint density at radius 3 is 2.47 bits per heavy atom. The summed E-state index contributed by atoms with van der Waals surface area (Å²) in [7, 11) is 1.62. The second-order valence-electron chi connectivity index (χ2n) is 8.17. The maximum Gasteiger partial charge on any atom is 0.317 e. The van der Waals surface area contributed by atoms with Gasteiger partial charge in [-0.3, -0.25) is 4.79 Å². The summed E-state index contributed by atoms with van der Waals surface area (Å²) in [5, 5.41) is 9.05. The van der Waals surface area contributed by atoms with Crippen LogP contribution in [0.25, 0.3) is 0 Å². The molecular formula is C24H30N4O2. The van der Waals surface area contributed by atoms with Gasteiger partial charge >= 0.3 is 6.03 Å². The maximum absolute atomic E-state index is 13.1. The molecule has 6 nitrogen and oxygen atoms in total. The van der Waals surface area contributed by atoms with Crippen LogP contribution in [-0.2, 0) is 4.79 Å². The van der Waals surface area contributed by atoms with Crippen LogP contribution in [0.15, 0.2) is 53.6 Å². The lowest BCUT2D eigenvalue weighted by molar-refractivity contribution is -0.133. The Morgan fingerprint density at radius 1 is 1.13 bits per heavy atom. The van der Waals surface area contributed by atoms with Crippen LogP contribution in [0.4, 0.5) is 4.79 Å². The summed E-state index contributed by atoms with van der Waals surface area (Å²) >= 11 is 0. The Bertz CT molecular complexity index is 953. The lowest BCUT2D eigenvalue weighted by Crippen LogP contribution is -2.45. The normalized spacial score (nSPS) is 15.9. The third-order valence-corrected chi connectivity index (χ3v) is 5.32. The van der Waals surface area contributed by atoms with Crippen LogP contribution < -0.4 is 5.32 Å². The molecule has 0 fully saturated rings. The monoisotopic (exact) mass is 406 g/mol. The van der Waals surface area contributed by atoms with Gasteiger partial charge in [0.25, 0.3) is 5.91 Å². The minimum atomic E-state index is -0.271. The van der Waals surface area contributed by atoms with Gasteiger partial charge in [-0.05, 0) is 56.0 Å². The van der Waals surface area contributed by atoms with Gasteiger partial charge in [0.05, 0.1) is 11.8 Å². The topological polar surface area (TPSA) is 65.0 Å². The van der Waals surface area contributed by atoms with Crippen LogP contribution in [0.1, 0.15) is 48.6 Å². The molecule has 1 aliphatic rings. The average Bonchev–Trinajstić information content (AvgIpc) is 3.16.